The summed E-state index contributed by atoms with van der Waals surface area (Å²) >= 11 is 0. The van der Waals surface area contributed by atoms with Crippen LogP contribution in [0, 0.1) is 0 Å². The molecule has 0 aliphatic heterocycles. The summed E-state index contributed by atoms with van der Waals surface area (Å²) in [6.45, 7) is 8.08. The smallest absolute Gasteiger partial charge is 0.289 e. The van der Waals surface area contributed by atoms with E-state index in [4.69, 9.17) is 4.43 Å². The first-order valence-electron chi connectivity index (χ1n) is 7.61. The van der Waals surface area contributed by atoms with Crippen LogP contribution in [0.5, 0.6) is 11.8 Å². The lowest BCUT2D eigenvalue weighted by atomic mass is 9.94. The van der Waals surface area contributed by atoms with E-state index in [-0.39, 0.29) is 29.6 Å². The van der Waals surface area contributed by atoms with Crippen LogP contribution in [0.4, 0.5) is 0 Å². The molecule has 1 saturated carbocycles. The van der Waals surface area contributed by atoms with E-state index < -0.39 is 8.32 Å². The van der Waals surface area contributed by atoms with Crippen molar-refractivity contribution in [1.29, 1.82) is 0 Å². The molecule has 3 atom stereocenters. The number of aromatic nitrogens is 1. The molecule has 0 saturated heterocycles. The molecule has 1 aromatic heterocycles. The molecule has 2 N–H and O–H groups in total. The van der Waals surface area contributed by atoms with Gasteiger partial charge in [0.15, 0.2) is 11.8 Å². The number of carbonyl (C=O) groups excluding carboxylic acids is 1. The van der Waals surface area contributed by atoms with Gasteiger partial charge in [-0.25, -0.2) is 0 Å². The van der Waals surface area contributed by atoms with Crippen LogP contribution in [0.15, 0.2) is 0 Å². The molecule has 1 fully saturated rings. The van der Waals surface area contributed by atoms with Crippen LogP contribution >= 0.6 is 0 Å². The van der Waals surface area contributed by atoms with Crippen LogP contribution in [0.1, 0.15) is 49.7 Å². The van der Waals surface area contributed by atoms with Crippen molar-refractivity contribution in [2.45, 2.75) is 63.7 Å². The maximum atomic E-state index is 11.4. The number of rotatable bonds is 3. The summed E-state index contributed by atoms with van der Waals surface area (Å²) in [6, 6.07) is 0. The Bertz CT molecular complexity index is 607. The fourth-order valence-corrected chi connectivity index (χ4v) is 7.52. The van der Waals surface area contributed by atoms with Crippen LogP contribution in [-0.2, 0) is 15.8 Å². The minimum absolute atomic E-state index is 0.204. The molecule has 0 amide bonds. The standard InChI is InChI=1S/C15H23NO4Si/c1-5-16-14(18)12-9-6-10(13(12)15(16)19)11(7-9)21(3,4)20-8(2)17/h9-11,18-19H,5-7H2,1-4H3. The van der Waals surface area contributed by atoms with Gasteiger partial charge in [-0.2, -0.15) is 0 Å². The Kier molecular flexibility index (Phi) is 3.13. The highest BCUT2D eigenvalue weighted by molar-refractivity contribution is 6.74. The largest absolute Gasteiger partial charge is 0.519 e. The van der Waals surface area contributed by atoms with Gasteiger partial charge in [-0.1, -0.05) is 0 Å². The van der Waals surface area contributed by atoms with E-state index in [1.165, 1.54) is 6.92 Å². The third-order valence-corrected chi connectivity index (χ3v) is 8.48. The molecule has 3 rings (SSSR count). The summed E-state index contributed by atoms with van der Waals surface area (Å²) < 4.78 is 7.22. The second-order valence-electron chi connectivity index (χ2n) is 6.80. The minimum Gasteiger partial charge on any atom is -0.519 e. The molecule has 5 nitrogen and oxygen atoms in total. The predicted molar refractivity (Wildman–Crippen MR) is 81.1 cm³/mol. The van der Waals surface area contributed by atoms with Crippen molar-refractivity contribution >= 4 is 14.3 Å². The molecule has 6 heteroatoms. The molecular weight excluding hydrogens is 286 g/mol. The topological polar surface area (TPSA) is 71.7 Å². The number of nitrogens with zero attached hydrogens (tertiary/aromatic N) is 1. The van der Waals surface area contributed by atoms with E-state index in [1.54, 1.807) is 4.57 Å². The first-order valence-corrected chi connectivity index (χ1v) is 10.6. The van der Waals surface area contributed by atoms with Crippen molar-refractivity contribution in [3.63, 3.8) is 0 Å². The lowest BCUT2D eigenvalue weighted by Crippen LogP contribution is -2.40. The highest BCUT2D eigenvalue weighted by atomic mass is 28.4. The number of fused-ring (bicyclic) bond motifs is 5. The molecule has 2 aliphatic carbocycles. The van der Waals surface area contributed by atoms with Crippen LogP contribution < -0.4 is 0 Å². The fraction of sp³-hybridized carbons (Fsp3) is 0.667. The zero-order valence-corrected chi connectivity index (χ0v) is 14.0. The molecular formula is C15H23NO4Si. The van der Waals surface area contributed by atoms with E-state index in [2.05, 4.69) is 13.1 Å². The van der Waals surface area contributed by atoms with Gasteiger partial charge < -0.3 is 14.6 Å². The summed E-state index contributed by atoms with van der Waals surface area (Å²) in [7, 11) is -2.15. The number of aromatic hydroxyl groups is 2. The average molecular weight is 309 g/mol. The highest BCUT2D eigenvalue weighted by Crippen LogP contribution is 2.66. The van der Waals surface area contributed by atoms with Gasteiger partial charge in [0.2, 0.25) is 0 Å². The van der Waals surface area contributed by atoms with Crippen LogP contribution in [0.25, 0.3) is 0 Å². The van der Waals surface area contributed by atoms with Gasteiger partial charge in [-0.3, -0.25) is 9.36 Å². The van der Waals surface area contributed by atoms with E-state index in [1.807, 2.05) is 6.92 Å². The lowest BCUT2D eigenvalue weighted by molar-refractivity contribution is -0.132. The van der Waals surface area contributed by atoms with Crippen molar-refractivity contribution in [3.8, 4) is 11.8 Å². The second kappa shape index (κ2) is 4.53. The normalized spacial score (nSPS) is 27.0. The Morgan fingerprint density at radius 1 is 1.29 bits per heavy atom. The zero-order chi connectivity index (χ0) is 15.5. The zero-order valence-electron chi connectivity index (χ0n) is 13.0. The molecule has 2 aliphatic rings. The highest BCUT2D eigenvalue weighted by Gasteiger charge is 2.55. The van der Waals surface area contributed by atoms with Crippen molar-refractivity contribution in [3.05, 3.63) is 11.1 Å². The maximum Gasteiger partial charge on any atom is 0.289 e. The lowest BCUT2D eigenvalue weighted by Gasteiger charge is -2.34. The van der Waals surface area contributed by atoms with Gasteiger partial charge in [0, 0.05) is 24.6 Å². The van der Waals surface area contributed by atoms with Crippen LogP contribution in [0.2, 0.25) is 18.6 Å². The monoisotopic (exact) mass is 309 g/mol. The van der Waals surface area contributed by atoms with Gasteiger partial charge >= 0.3 is 0 Å². The van der Waals surface area contributed by atoms with Gasteiger partial charge in [0.25, 0.3) is 14.3 Å². The quantitative estimate of drug-likeness (QED) is 0.842. The Labute approximate surface area is 125 Å². The summed E-state index contributed by atoms with van der Waals surface area (Å²) in [5.41, 5.74) is 2.16. The van der Waals surface area contributed by atoms with Gasteiger partial charge in [0.05, 0.1) is 0 Å². The molecule has 21 heavy (non-hydrogen) atoms. The van der Waals surface area contributed by atoms with Gasteiger partial charge in [-0.15, -0.1) is 0 Å². The fourth-order valence-electron chi connectivity index (χ4n) is 4.51. The first-order chi connectivity index (χ1) is 9.77. The van der Waals surface area contributed by atoms with Gasteiger partial charge in [-0.05, 0) is 50.2 Å². The van der Waals surface area contributed by atoms with Crippen molar-refractivity contribution in [1.82, 2.24) is 4.57 Å². The van der Waals surface area contributed by atoms with E-state index in [0.717, 1.165) is 24.0 Å². The molecule has 3 unspecified atom stereocenters. The van der Waals surface area contributed by atoms with Crippen LogP contribution in [-0.4, -0.2) is 29.1 Å². The minimum atomic E-state index is -2.15. The number of hydrogen-bond donors (Lipinski definition) is 2. The van der Waals surface area contributed by atoms with Crippen molar-refractivity contribution in [2.75, 3.05) is 0 Å². The SMILES string of the molecule is CCn1c(O)c2c(c1O)C1CC2CC1[Si](C)(C)OC(C)=O. The Morgan fingerprint density at radius 3 is 2.48 bits per heavy atom. The summed E-state index contributed by atoms with van der Waals surface area (Å²) in [5, 5.41) is 20.7. The first kappa shape index (κ1) is 14.5. The molecule has 0 aromatic carbocycles. The molecule has 116 valence electrons. The van der Waals surface area contributed by atoms with Crippen molar-refractivity contribution in [2.24, 2.45) is 0 Å². The summed E-state index contributed by atoms with van der Waals surface area (Å²) in [4.78, 5) is 11.4. The maximum absolute atomic E-state index is 11.4. The van der Waals surface area contributed by atoms with Crippen molar-refractivity contribution < 1.29 is 19.4 Å². The molecule has 0 radical (unpaired) electrons. The van der Waals surface area contributed by atoms with E-state index >= 15 is 0 Å². The average Bonchev–Trinajstić information content (AvgIpc) is 3.00. The Hall–Kier alpha value is -1.43. The molecule has 1 heterocycles. The third kappa shape index (κ3) is 1.92. The molecule has 1 aromatic rings. The molecule has 2 bridgehead atoms. The third-order valence-electron chi connectivity index (χ3n) is 5.24. The Morgan fingerprint density at radius 2 is 1.90 bits per heavy atom. The number of hydrogen-bond acceptors (Lipinski definition) is 4. The van der Waals surface area contributed by atoms with Crippen LogP contribution in [0.3, 0.4) is 0 Å². The van der Waals surface area contributed by atoms with E-state index in [9.17, 15) is 15.0 Å². The van der Waals surface area contributed by atoms with Gasteiger partial charge in [0.1, 0.15) is 0 Å². The predicted octanol–water partition coefficient (Wildman–Crippen LogP) is 3.03. The van der Waals surface area contributed by atoms with E-state index in [0.29, 0.717) is 12.1 Å². The Balaban J connectivity index is 1.99. The summed E-state index contributed by atoms with van der Waals surface area (Å²) in [5.74, 6) is 0.714. The second-order valence-corrected chi connectivity index (χ2v) is 10.9. The number of carbonyl (C=O) groups is 1. The molecule has 0 spiro atoms. The summed E-state index contributed by atoms with van der Waals surface area (Å²) in [6.07, 6.45) is 1.91.